The molecule has 30 heavy (non-hydrogen) atoms. The molecule has 0 radical (unpaired) electrons. The molecule has 8 heteroatoms. The topological polar surface area (TPSA) is 85.2 Å². The summed E-state index contributed by atoms with van der Waals surface area (Å²) in [5.41, 5.74) is 1.27. The van der Waals surface area contributed by atoms with Gasteiger partial charge in [0.2, 0.25) is 0 Å². The second kappa shape index (κ2) is 9.13. The molecule has 2 aromatic carbocycles. The van der Waals surface area contributed by atoms with E-state index in [9.17, 15) is 14.9 Å². The van der Waals surface area contributed by atoms with Gasteiger partial charge in [0.05, 0.1) is 11.0 Å². The largest absolute Gasteiger partial charge is 0.491 e. The van der Waals surface area contributed by atoms with Gasteiger partial charge in [0.15, 0.2) is 0 Å². The third-order valence-electron chi connectivity index (χ3n) is 5.53. The van der Waals surface area contributed by atoms with Gasteiger partial charge in [-0.2, -0.15) is 0 Å². The highest BCUT2D eigenvalue weighted by molar-refractivity contribution is 5.94. The van der Waals surface area contributed by atoms with E-state index >= 15 is 0 Å². The number of anilines is 1. The van der Waals surface area contributed by atoms with Crippen LogP contribution in [-0.2, 0) is 4.74 Å². The molecular weight excluding hydrogens is 386 g/mol. The molecular formula is C22H25N3O5. The average Bonchev–Trinajstić information content (AvgIpc) is 3.31. The number of piperazine rings is 1. The highest BCUT2D eigenvalue weighted by atomic mass is 16.6. The molecule has 2 aromatic rings. The fourth-order valence-electron chi connectivity index (χ4n) is 3.90. The summed E-state index contributed by atoms with van der Waals surface area (Å²) in [7, 11) is 0. The molecule has 1 unspecified atom stereocenters. The Morgan fingerprint density at radius 1 is 1.13 bits per heavy atom. The molecule has 8 nitrogen and oxygen atoms in total. The SMILES string of the molecule is O=C(c1cccc(OCC2CCCO2)c1)N1CCN(c2ccccc2[N+](=O)[O-])CC1. The smallest absolute Gasteiger partial charge is 0.292 e. The molecule has 0 spiro atoms. The maximum absolute atomic E-state index is 12.9. The van der Waals surface area contributed by atoms with Crippen molar-refractivity contribution in [3.8, 4) is 5.75 Å². The van der Waals surface area contributed by atoms with E-state index in [2.05, 4.69) is 0 Å². The number of nitrogens with zero attached hydrogens (tertiary/aromatic N) is 3. The van der Waals surface area contributed by atoms with Gasteiger partial charge in [0.25, 0.3) is 11.6 Å². The molecule has 0 aromatic heterocycles. The van der Waals surface area contributed by atoms with Gasteiger partial charge in [-0.05, 0) is 37.1 Å². The van der Waals surface area contributed by atoms with Crippen LogP contribution < -0.4 is 9.64 Å². The number of hydrogen-bond donors (Lipinski definition) is 0. The summed E-state index contributed by atoms with van der Waals surface area (Å²) in [6, 6.07) is 13.9. The fourth-order valence-corrected chi connectivity index (χ4v) is 3.90. The number of carbonyl (C=O) groups is 1. The number of amides is 1. The Labute approximate surface area is 175 Å². The Bertz CT molecular complexity index is 905. The van der Waals surface area contributed by atoms with E-state index < -0.39 is 0 Å². The molecule has 2 aliphatic heterocycles. The quantitative estimate of drug-likeness (QED) is 0.536. The van der Waals surface area contributed by atoms with Gasteiger partial charge < -0.3 is 19.3 Å². The van der Waals surface area contributed by atoms with Crippen molar-refractivity contribution >= 4 is 17.3 Å². The predicted octanol–water partition coefficient (Wildman–Crippen LogP) is 3.12. The van der Waals surface area contributed by atoms with Crippen molar-refractivity contribution in [3.05, 3.63) is 64.2 Å². The molecule has 2 saturated heterocycles. The number of ether oxygens (including phenoxy) is 2. The van der Waals surface area contributed by atoms with Gasteiger partial charge in [0.1, 0.15) is 18.0 Å². The van der Waals surface area contributed by atoms with E-state index in [0.29, 0.717) is 49.8 Å². The van der Waals surface area contributed by atoms with Crippen molar-refractivity contribution in [1.82, 2.24) is 4.90 Å². The van der Waals surface area contributed by atoms with E-state index in [1.54, 1.807) is 35.2 Å². The monoisotopic (exact) mass is 411 g/mol. The molecule has 0 N–H and O–H groups in total. The average molecular weight is 411 g/mol. The highest BCUT2D eigenvalue weighted by Gasteiger charge is 2.26. The van der Waals surface area contributed by atoms with Crippen molar-refractivity contribution < 1.29 is 19.2 Å². The van der Waals surface area contributed by atoms with Gasteiger partial charge in [-0.1, -0.05) is 18.2 Å². The minimum Gasteiger partial charge on any atom is -0.491 e. The molecule has 1 amide bonds. The zero-order chi connectivity index (χ0) is 20.9. The summed E-state index contributed by atoms with van der Waals surface area (Å²) in [5, 5.41) is 11.3. The lowest BCUT2D eigenvalue weighted by Crippen LogP contribution is -2.48. The van der Waals surface area contributed by atoms with Gasteiger partial charge in [0, 0.05) is 44.4 Å². The standard InChI is InChI=1S/C22H25N3O5/c26-22(17-5-3-6-18(15-17)30-16-19-7-4-14-29-19)24-12-10-23(11-13-24)20-8-1-2-9-21(20)25(27)28/h1-3,5-6,8-9,15,19H,4,7,10-14,16H2. The Morgan fingerprint density at radius 3 is 2.67 bits per heavy atom. The van der Waals surface area contributed by atoms with Crippen LogP contribution in [0.4, 0.5) is 11.4 Å². The Morgan fingerprint density at radius 2 is 1.93 bits per heavy atom. The number of para-hydroxylation sites is 2. The van der Waals surface area contributed by atoms with Crippen LogP contribution in [0.5, 0.6) is 5.75 Å². The Balaban J connectivity index is 1.36. The molecule has 4 rings (SSSR count). The maximum atomic E-state index is 12.9. The first-order valence-electron chi connectivity index (χ1n) is 10.2. The zero-order valence-corrected chi connectivity index (χ0v) is 16.7. The van der Waals surface area contributed by atoms with Crippen molar-refractivity contribution in [2.75, 3.05) is 44.3 Å². The van der Waals surface area contributed by atoms with Crippen LogP contribution in [0, 0.1) is 10.1 Å². The zero-order valence-electron chi connectivity index (χ0n) is 16.7. The normalized spacial score (nSPS) is 19.0. The van der Waals surface area contributed by atoms with Gasteiger partial charge in [-0.3, -0.25) is 14.9 Å². The van der Waals surface area contributed by atoms with E-state index in [1.165, 1.54) is 6.07 Å². The minimum absolute atomic E-state index is 0.0558. The van der Waals surface area contributed by atoms with Crippen LogP contribution in [0.15, 0.2) is 48.5 Å². The first kappa shape index (κ1) is 20.2. The van der Waals surface area contributed by atoms with Gasteiger partial charge in [-0.25, -0.2) is 0 Å². The molecule has 0 bridgehead atoms. The van der Waals surface area contributed by atoms with E-state index in [0.717, 1.165) is 19.4 Å². The second-order valence-electron chi connectivity index (χ2n) is 7.50. The van der Waals surface area contributed by atoms with Crippen LogP contribution in [-0.4, -0.2) is 61.2 Å². The summed E-state index contributed by atoms with van der Waals surface area (Å²) >= 11 is 0. The van der Waals surface area contributed by atoms with Crippen molar-refractivity contribution in [3.63, 3.8) is 0 Å². The number of nitro benzene ring substituents is 1. The number of nitro groups is 1. The van der Waals surface area contributed by atoms with Crippen molar-refractivity contribution in [2.24, 2.45) is 0 Å². The number of hydrogen-bond acceptors (Lipinski definition) is 6. The van der Waals surface area contributed by atoms with Crippen LogP contribution in [0.2, 0.25) is 0 Å². The van der Waals surface area contributed by atoms with Crippen LogP contribution in [0.25, 0.3) is 0 Å². The number of rotatable bonds is 6. The molecule has 2 fully saturated rings. The molecule has 1 atom stereocenters. The lowest BCUT2D eigenvalue weighted by molar-refractivity contribution is -0.384. The third-order valence-corrected chi connectivity index (χ3v) is 5.53. The van der Waals surface area contributed by atoms with Gasteiger partial charge >= 0.3 is 0 Å². The van der Waals surface area contributed by atoms with Crippen molar-refractivity contribution in [1.29, 1.82) is 0 Å². The summed E-state index contributed by atoms with van der Waals surface area (Å²) in [6.45, 7) is 3.38. The number of benzene rings is 2. The lowest BCUT2D eigenvalue weighted by Gasteiger charge is -2.35. The first-order chi connectivity index (χ1) is 14.6. The van der Waals surface area contributed by atoms with Crippen LogP contribution >= 0.6 is 0 Å². The van der Waals surface area contributed by atoms with Crippen molar-refractivity contribution in [2.45, 2.75) is 18.9 Å². The van der Waals surface area contributed by atoms with Crippen LogP contribution in [0.1, 0.15) is 23.2 Å². The maximum Gasteiger partial charge on any atom is 0.292 e. The summed E-state index contributed by atoms with van der Waals surface area (Å²) in [5.74, 6) is 0.606. The van der Waals surface area contributed by atoms with Gasteiger partial charge in [-0.15, -0.1) is 0 Å². The predicted molar refractivity (Wildman–Crippen MR) is 112 cm³/mol. The fraction of sp³-hybridized carbons (Fsp3) is 0.409. The first-order valence-corrected chi connectivity index (χ1v) is 10.2. The summed E-state index contributed by atoms with van der Waals surface area (Å²) < 4.78 is 11.4. The second-order valence-corrected chi connectivity index (χ2v) is 7.50. The molecule has 0 aliphatic carbocycles. The van der Waals surface area contributed by atoms with E-state index in [4.69, 9.17) is 9.47 Å². The number of carbonyl (C=O) groups excluding carboxylic acids is 1. The Kier molecular flexibility index (Phi) is 6.13. The van der Waals surface area contributed by atoms with E-state index in [1.807, 2.05) is 17.0 Å². The van der Waals surface area contributed by atoms with E-state index in [-0.39, 0.29) is 22.6 Å². The molecule has 2 aliphatic rings. The third kappa shape index (κ3) is 4.54. The van der Waals surface area contributed by atoms with Crippen LogP contribution in [0.3, 0.4) is 0 Å². The molecule has 2 heterocycles. The summed E-state index contributed by atoms with van der Waals surface area (Å²) in [6.07, 6.45) is 2.19. The molecule has 158 valence electrons. The summed E-state index contributed by atoms with van der Waals surface area (Å²) in [4.78, 5) is 27.6. The molecule has 0 saturated carbocycles. The minimum atomic E-state index is -0.366. The highest BCUT2D eigenvalue weighted by Crippen LogP contribution is 2.28. The lowest BCUT2D eigenvalue weighted by atomic mass is 10.1. The Hall–Kier alpha value is -3.13.